The first-order chi connectivity index (χ1) is 17.2. The van der Waals surface area contributed by atoms with Crippen LogP contribution in [0.4, 0.5) is 22.2 Å². The van der Waals surface area contributed by atoms with Crippen LogP contribution in [0.3, 0.4) is 0 Å². The second-order valence-corrected chi connectivity index (χ2v) is 9.10. The number of carboxylic acids is 1. The van der Waals surface area contributed by atoms with Gasteiger partial charge in [-0.25, -0.2) is 24.5 Å². The summed E-state index contributed by atoms with van der Waals surface area (Å²) < 4.78 is 9.37. The largest absolute Gasteiger partial charge is 0.475 e. The highest BCUT2D eigenvalue weighted by Crippen LogP contribution is 2.19. The Morgan fingerprint density at radius 1 is 0.865 bits per heavy atom. The smallest absolute Gasteiger partial charge is 0.413 e. The lowest BCUT2D eigenvalue weighted by Crippen LogP contribution is -2.27. The van der Waals surface area contributed by atoms with Gasteiger partial charge in [0.2, 0.25) is 17.5 Å². The molecule has 0 aliphatic carbocycles. The van der Waals surface area contributed by atoms with Gasteiger partial charge in [0.1, 0.15) is 5.60 Å². The average Bonchev–Trinajstić information content (AvgIpc) is 3.41. The Kier molecular flexibility index (Phi) is 7.36. The van der Waals surface area contributed by atoms with Gasteiger partial charge >= 0.3 is 12.1 Å². The maximum Gasteiger partial charge on any atom is 0.413 e. The number of carboxylic acid groups (broad SMARTS) is 1. The van der Waals surface area contributed by atoms with Crippen LogP contribution in [-0.4, -0.2) is 63.2 Å². The molecule has 3 rings (SSSR count). The molecule has 0 bridgehead atoms. The van der Waals surface area contributed by atoms with Gasteiger partial charge in [0.05, 0.1) is 5.69 Å². The van der Waals surface area contributed by atoms with Gasteiger partial charge in [0.15, 0.2) is 17.5 Å². The second kappa shape index (κ2) is 10.1. The molecular formula is C22H29N9O6. The van der Waals surface area contributed by atoms with Gasteiger partial charge in [0, 0.05) is 33.5 Å². The predicted octanol–water partition coefficient (Wildman–Crippen LogP) is 2.00. The summed E-state index contributed by atoms with van der Waals surface area (Å²) >= 11 is 0. The van der Waals surface area contributed by atoms with Crippen molar-refractivity contribution in [3.8, 4) is 0 Å². The quantitative estimate of drug-likeness (QED) is 0.365. The Morgan fingerprint density at radius 3 is 1.86 bits per heavy atom. The number of rotatable bonds is 7. The molecule has 0 radical (unpaired) electrons. The van der Waals surface area contributed by atoms with Crippen molar-refractivity contribution in [2.24, 2.45) is 21.1 Å². The molecule has 0 fully saturated rings. The standard InChI is InChI=1S/C22H29N9O6/c1-8-11-14(27-17(20(34)35)31(11)7)28-19(33)16-23-12(9-29(16)5)25-18(32)15-24-13(10-30(15)6)26-21(36)37-22(2,3)4/h9-10H,8H2,1-7H3,(H,25,32)(H,26,36)(H,28,33)(H,34,35). The number of carbonyl (C=O) groups is 4. The summed E-state index contributed by atoms with van der Waals surface area (Å²) in [4.78, 5) is 61.2. The molecule has 3 aromatic rings. The van der Waals surface area contributed by atoms with Crippen LogP contribution in [0, 0.1) is 0 Å². The number of aryl methyl sites for hydroxylation is 2. The zero-order valence-electron chi connectivity index (χ0n) is 21.5. The summed E-state index contributed by atoms with van der Waals surface area (Å²) in [6.07, 6.45) is 2.59. The molecule has 15 heteroatoms. The second-order valence-electron chi connectivity index (χ2n) is 9.10. The molecule has 3 amide bonds. The van der Waals surface area contributed by atoms with Crippen LogP contribution in [-0.2, 0) is 32.3 Å². The van der Waals surface area contributed by atoms with Gasteiger partial charge in [-0.15, -0.1) is 0 Å². The molecule has 0 atom stereocenters. The summed E-state index contributed by atoms with van der Waals surface area (Å²) in [5.74, 6) is -2.48. The molecule has 3 heterocycles. The van der Waals surface area contributed by atoms with Crippen molar-refractivity contribution in [2.45, 2.75) is 39.7 Å². The highest BCUT2D eigenvalue weighted by Gasteiger charge is 2.24. The van der Waals surface area contributed by atoms with Crippen molar-refractivity contribution in [1.82, 2.24) is 28.7 Å². The normalized spacial score (nSPS) is 11.2. The van der Waals surface area contributed by atoms with E-state index in [4.69, 9.17) is 4.74 Å². The van der Waals surface area contributed by atoms with E-state index in [1.54, 1.807) is 48.8 Å². The zero-order valence-corrected chi connectivity index (χ0v) is 21.5. The van der Waals surface area contributed by atoms with Crippen molar-refractivity contribution < 1.29 is 29.0 Å². The fourth-order valence-corrected chi connectivity index (χ4v) is 3.45. The highest BCUT2D eigenvalue weighted by atomic mass is 16.6. The molecule has 0 unspecified atom stereocenters. The Morgan fingerprint density at radius 2 is 1.38 bits per heavy atom. The topological polar surface area (TPSA) is 187 Å². The Balaban J connectivity index is 1.73. The third-order valence-corrected chi connectivity index (χ3v) is 5.00. The first-order valence-electron chi connectivity index (χ1n) is 11.2. The van der Waals surface area contributed by atoms with E-state index in [9.17, 15) is 24.3 Å². The monoisotopic (exact) mass is 515 g/mol. The van der Waals surface area contributed by atoms with Crippen LogP contribution in [0.1, 0.15) is 65.2 Å². The van der Waals surface area contributed by atoms with E-state index in [1.165, 1.54) is 26.1 Å². The minimum absolute atomic E-state index is 0.0232. The fraction of sp³-hybridized carbons (Fsp3) is 0.409. The Bertz CT molecular complexity index is 1380. The van der Waals surface area contributed by atoms with Crippen LogP contribution in [0.25, 0.3) is 0 Å². The summed E-state index contributed by atoms with van der Waals surface area (Å²) in [5.41, 5.74) is -0.172. The fourth-order valence-electron chi connectivity index (χ4n) is 3.45. The molecule has 0 spiro atoms. The number of nitrogens with one attached hydrogen (secondary N) is 3. The third-order valence-electron chi connectivity index (χ3n) is 5.00. The summed E-state index contributed by atoms with van der Waals surface area (Å²) in [5, 5.41) is 16.9. The van der Waals surface area contributed by atoms with Crippen molar-refractivity contribution in [2.75, 3.05) is 16.0 Å². The number of ether oxygens (including phenoxy) is 1. The molecule has 0 aliphatic heterocycles. The maximum absolute atomic E-state index is 12.8. The lowest BCUT2D eigenvalue weighted by atomic mass is 10.2. The number of anilines is 3. The van der Waals surface area contributed by atoms with Crippen molar-refractivity contribution >= 4 is 41.3 Å². The third kappa shape index (κ3) is 6.12. The van der Waals surface area contributed by atoms with Crippen LogP contribution < -0.4 is 16.0 Å². The van der Waals surface area contributed by atoms with Gasteiger partial charge < -0.3 is 34.2 Å². The number of hydrogen-bond acceptors (Lipinski definition) is 8. The SMILES string of the molecule is CCc1c(NC(=O)c2nc(NC(=O)c3nc(NC(=O)OC(C)(C)C)cn3C)cn2C)nc(C(=O)O)n1C. The summed E-state index contributed by atoms with van der Waals surface area (Å²) in [6, 6.07) is 0. The van der Waals surface area contributed by atoms with Gasteiger partial charge in [-0.3, -0.25) is 14.9 Å². The van der Waals surface area contributed by atoms with Crippen LogP contribution in [0.15, 0.2) is 12.4 Å². The highest BCUT2D eigenvalue weighted by molar-refractivity contribution is 6.04. The molecule has 15 nitrogen and oxygen atoms in total. The Hall–Kier alpha value is -4.69. The van der Waals surface area contributed by atoms with Gasteiger partial charge in [-0.1, -0.05) is 6.92 Å². The van der Waals surface area contributed by atoms with Crippen molar-refractivity contribution in [1.29, 1.82) is 0 Å². The number of nitrogens with zero attached hydrogens (tertiary/aromatic N) is 6. The number of hydrogen-bond donors (Lipinski definition) is 4. The van der Waals surface area contributed by atoms with Gasteiger partial charge in [-0.05, 0) is 27.2 Å². The van der Waals surface area contributed by atoms with E-state index in [2.05, 4.69) is 30.9 Å². The van der Waals surface area contributed by atoms with Crippen LogP contribution in [0.2, 0.25) is 0 Å². The lowest BCUT2D eigenvalue weighted by Gasteiger charge is -2.18. The summed E-state index contributed by atoms with van der Waals surface area (Å²) in [7, 11) is 4.68. The predicted molar refractivity (Wildman–Crippen MR) is 132 cm³/mol. The van der Waals surface area contributed by atoms with E-state index < -0.39 is 29.5 Å². The van der Waals surface area contributed by atoms with E-state index in [0.29, 0.717) is 12.1 Å². The molecule has 4 N–H and O–H groups in total. The van der Waals surface area contributed by atoms with Crippen LogP contribution in [0.5, 0.6) is 0 Å². The molecule has 37 heavy (non-hydrogen) atoms. The van der Waals surface area contributed by atoms with E-state index in [-0.39, 0.29) is 34.9 Å². The zero-order chi connectivity index (χ0) is 27.7. The first kappa shape index (κ1) is 26.9. The van der Waals surface area contributed by atoms with Gasteiger partial charge in [0.25, 0.3) is 11.8 Å². The lowest BCUT2D eigenvalue weighted by molar-refractivity contribution is 0.0632. The Labute approximate surface area is 211 Å². The van der Waals surface area contributed by atoms with E-state index >= 15 is 0 Å². The minimum atomic E-state index is -1.22. The average molecular weight is 516 g/mol. The maximum atomic E-state index is 12.8. The molecule has 0 saturated carbocycles. The van der Waals surface area contributed by atoms with Gasteiger partial charge in [-0.2, -0.15) is 0 Å². The number of carbonyl (C=O) groups excluding carboxylic acids is 3. The number of aromatic nitrogens is 6. The molecule has 3 aromatic heterocycles. The summed E-state index contributed by atoms with van der Waals surface area (Å²) in [6.45, 7) is 6.96. The number of aromatic carboxylic acids is 1. The van der Waals surface area contributed by atoms with Crippen molar-refractivity contribution in [3.05, 3.63) is 35.6 Å². The van der Waals surface area contributed by atoms with E-state index in [0.717, 1.165) is 0 Å². The molecule has 0 saturated heterocycles. The molecule has 198 valence electrons. The molecule has 0 aromatic carbocycles. The number of imidazole rings is 3. The molecular weight excluding hydrogens is 486 g/mol. The minimum Gasteiger partial charge on any atom is -0.475 e. The van der Waals surface area contributed by atoms with E-state index in [1.807, 2.05) is 0 Å². The molecule has 0 aliphatic rings. The van der Waals surface area contributed by atoms with Crippen LogP contribution >= 0.6 is 0 Å². The number of amides is 3. The first-order valence-corrected chi connectivity index (χ1v) is 11.2. The van der Waals surface area contributed by atoms with Crippen molar-refractivity contribution in [3.63, 3.8) is 0 Å².